The van der Waals surface area contributed by atoms with Crippen LogP contribution in [0.5, 0.6) is 0 Å². The fourth-order valence-electron chi connectivity index (χ4n) is 3.04. The Labute approximate surface area is 155 Å². The molecule has 0 radical (unpaired) electrons. The van der Waals surface area contributed by atoms with Gasteiger partial charge in [0, 0.05) is 22.8 Å². The second-order valence-electron chi connectivity index (χ2n) is 5.98. The van der Waals surface area contributed by atoms with E-state index in [1.165, 1.54) is 13.3 Å². The summed E-state index contributed by atoms with van der Waals surface area (Å²) in [5.74, 6) is 0.145. The molecule has 0 bridgehead atoms. The number of nitrogens with two attached hydrogens (primary N) is 1. The van der Waals surface area contributed by atoms with E-state index in [0.717, 1.165) is 22.3 Å². The first-order chi connectivity index (χ1) is 13.1. The minimum absolute atomic E-state index is 0.0987. The number of furan rings is 1. The normalized spacial score (nSPS) is 10.7. The molecule has 4 rings (SSSR count). The highest BCUT2D eigenvalue weighted by atomic mass is 16.5. The molecule has 6 nitrogen and oxygen atoms in total. The van der Waals surface area contributed by atoms with Gasteiger partial charge in [0.2, 0.25) is 0 Å². The minimum atomic E-state index is -0.605. The van der Waals surface area contributed by atoms with E-state index >= 15 is 0 Å². The van der Waals surface area contributed by atoms with Gasteiger partial charge in [-0.2, -0.15) is 5.26 Å². The number of rotatable bonds is 3. The minimum Gasteiger partial charge on any atom is -0.464 e. The highest BCUT2D eigenvalue weighted by Crippen LogP contribution is 2.31. The maximum absolute atomic E-state index is 12.2. The third-order valence-corrected chi connectivity index (χ3v) is 4.38. The van der Waals surface area contributed by atoms with Gasteiger partial charge in [-0.15, -0.1) is 0 Å². The van der Waals surface area contributed by atoms with Crippen LogP contribution in [0.4, 0.5) is 5.69 Å². The molecule has 2 aromatic heterocycles. The number of ether oxygens (including phenoxy) is 1. The summed E-state index contributed by atoms with van der Waals surface area (Å²) in [6.07, 6.45) is 1.53. The Balaban J connectivity index is 1.86. The van der Waals surface area contributed by atoms with E-state index in [-0.39, 0.29) is 16.9 Å². The monoisotopic (exact) mass is 357 g/mol. The van der Waals surface area contributed by atoms with Crippen molar-refractivity contribution in [1.82, 2.24) is 4.57 Å². The second-order valence-corrected chi connectivity index (χ2v) is 5.98. The molecule has 27 heavy (non-hydrogen) atoms. The summed E-state index contributed by atoms with van der Waals surface area (Å²) < 4.78 is 12.3. The molecule has 0 saturated heterocycles. The molecule has 2 N–H and O–H groups in total. The van der Waals surface area contributed by atoms with Gasteiger partial charge in [0.05, 0.1) is 18.4 Å². The van der Waals surface area contributed by atoms with Gasteiger partial charge < -0.3 is 19.5 Å². The van der Waals surface area contributed by atoms with Crippen molar-refractivity contribution in [3.05, 3.63) is 72.1 Å². The van der Waals surface area contributed by atoms with Crippen LogP contribution in [0.1, 0.15) is 16.1 Å². The van der Waals surface area contributed by atoms with E-state index in [1.54, 1.807) is 10.6 Å². The van der Waals surface area contributed by atoms with Crippen LogP contribution in [-0.2, 0) is 4.74 Å². The van der Waals surface area contributed by atoms with Crippen molar-refractivity contribution in [3.63, 3.8) is 0 Å². The number of hydrogen-bond acceptors (Lipinski definition) is 5. The highest BCUT2D eigenvalue weighted by molar-refractivity contribution is 5.96. The molecule has 2 aromatic carbocycles. The number of esters is 1. The Kier molecular flexibility index (Phi) is 3.90. The average molecular weight is 357 g/mol. The summed E-state index contributed by atoms with van der Waals surface area (Å²) in [5.41, 5.74) is 8.77. The topological polar surface area (TPSA) is 94.2 Å². The van der Waals surface area contributed by atoms with Crippen LogP contribution in [-0.4, -0.2) is 17.6 Å². The number of fused-ring (bicyclic) bond motifs is 1. The number of nitrogens with zero attached hydrogens (tertiary/aromatic N) is 2. The zero-order chi connectivity index (χ0) is 19.0. The van der Waals surface area contributed by atoms with Gasteiger partial charge in [0.25, 0.3) is 0 Å². The largest absolute Gasteiger partial charge is 0.464 e. The number of nitrogen functional groups attached to an aromatic ring is 1. The molecule has 0 saturated carbocycles. The molecule has 2 heterocycles. The quantitative estimate of drug-likeness (QED) is 0.556. The van der Waals surface area contributed by atoms with Gasteiger partial charge in [-0.3, -0.25) is 0 Å². The number of nitriles is 1. The van der Waals surface area contributed by atoms with E-state index < -0.39 is 5.97 Å². The maximum atomic E-state index is 12.2. The van der Waals surface area contributed by atoms with Crippen LogP contribution in [0.15, 0.2) is 65.2 Å². The number of benzene rings is 2. The molecule has 0 aliphatic heterocycles. The average Bonchev–Trinajstić information content (AvgIpc) is 3.28. The molecule has 0 unspecified atom stereocenters. The van der Waals surface area contributed by atoms with Crippen LogP contribution in [0, 0.1) is 11.3 Å². The SMILES string of the molecule is COC(=O)c1c(N)c(C#N)cn1-c1ccc2oc(-c3ccccc3)cc2c1. The van der Waals surface area contributed by atoms with Gasteiger partial charge in [0.15, 0.2) is 5.69 Å². The maximum Gasteiger partial charge on any atom is 0.357 e. The fourth-order valence-corrected chi connectivity index (χ4v) is 3.04. The van der Waals surface area contributed by atoms with Crippen molar-refractivity contribution in [3.8, 4) is 23.1 Å². The van der Waals surface area contributed by atoms with Crippen molar-refractivity contribution in [2.24, 2.45) is 0 Å². The van der Waals surface area contributed by atoms with E-state index in [1.807, 2.05) is 54.6 Å². The lowest BCUT2D eigenvalue weighted by atomic mass is 10.1. The number of hydrogen-bond donors (Lipinski definition) is 1. The first-order valence-corrected chi connectivity index (χ1v) is 8.21. The molecule has 132 valence electrons. The second kappa shape index (κ2) is 6.39. The van der Waals surface area contributed by atoms with Crippen LogP contribution in [0.25, 0.3) is 28.0 Å². The Hall–Kier alpha value is -3.98. The molecule has 0 fully saturated rings. The Morgan fingerprint density at radius 2 is 1.96 bits per heavy atom. The van der Waals surface area contributed by atoms with Crippen molar-refractivity contribution in [1.29, 1.82) is 5.26 Å². The summed E-state index contributed by atoms with van der Waals surface area (Å²) in [7, 11) is 1.27. The summed E-state index contributed by atoms with van der Waals surface area (Å²) in [6.45, 7) is 0. The zero-order valence-electron chi connectivity index (χ0n) is 14.5. The van der Waals surface area contributed by atoms with Crippen LogP contribution in [0.3, 0.4) is 0 Å². The lowest BCUT2D eigenvalue weighted by Crippen LogP contribution is -2.11. The van der Waals surface area contributed by atoms with Gasteiger partial charge in [-0.05, 0) is 24.3 Å². The third kappa shape index (κ3) is 2.71. The van der Waals surface area contributed by atoms with E-state index in [0.29, 0.717) is 5.69 Å². The van der Waals surface area contributed by atoms with Crippen LogP contribution >= 0.6 is 0 Å². The molecular formula is C21H15N3O3. The fraction of sp³-hybridized carbons (Fsp3) is 0.0476. The highest BCUT2D eigenvalue weighted by Gasteiger charge is 2.22. The van der Waals surface area contributed by atoms with Gasteiger partial charge >= 0.3 is 5.97 Å². The van der Waals surface area contributed by atoms with Crippen LogP contribution < -0.4 is 5.73 Å². The number of anilines is 1. The lowest BCUT2D eigenvalue weighted by molar-refractivity contribution is 0.0593. The van der Waals surface area contributed by atoms with Gasteiger partial charge in [0.1, 0.15) is 17.4 Å². The third-order valence-electron chi connectivity index (χ3n) is 4.38. The smallest absolute Gasteiger partial charge is 0.357 e. The van der Waals surface area contributed by atoms with Gasteiger partial charge in [-0.25, -0.2) is 4.79 Å². The molecular weight excluding hydrogens is 342 g/mol. The number of carbonyl (C=O) groups is 1. The van der Waals surface area contributed by atoms with Gasteiger partial charge in [-0.1, -0.05) is 30.3 Å². The Morgan fingerprint density at radius 1 is 1.19 bits per heavy atom. The number of aromatic nitrogens is 1. The van der Waals surface area contributed by atoms with Crippen LogP contribution in [0.2, 0.25) is 0 Å². The number of methoxy groups -OCH3 is 1. The molecule has 0 aliphatic carbocycles. The summed E-state index contributed by atoms with van der Waals surface area (Å²) >= 11 is 0. The molecule has 0 spiro atoms. The first-order valence-electron chi connectivity index (χ1n) is 8.21. The summed E-state index contributed by atoms with van der Waals surface area (Å²) in [4.78, 5) is 12.2. The summed E-state index contributed by atoms with van der Waals surface area (Å²) in [5, 5.41) is 10.1. The van der Waals surface area contributed by atoms with E-state index in [4.69, 9.17) is 14.9 Å². The molecule has 0 atom stereocenters. The Morgan fingerprint density at radius 3 is 2.67 bits per heavy atom. The first kappa shape index (κ1) is 16.5. The lowest BCUT2D eigenvalue weighted by Gasteiger charge is -2.08. The zero-order valence-corrected chi connectivity index (χ0v) is 14.5. The van der Waals surface area contributed by atoms with Crippen molar-refractivity contribution in [2.75, 3.05) is 12.8 Å². The Bertz CT molecular complexity index is 1200. The van der Waals surface area contributed by atoms with Crippen molar-refractivity contribution >= 4 is 22.6 Å². The predicted octanol–water partition coefficient (Wildman–Crippen LogP) is 4.13. The molecule has 6 heteroatoms. The summed E-state index contributed by atoms with van der Waals surface area (Å²) in [6, 6.07) is 19.2. The number of carbonyl (C=O) groups excluding carboxylic acids is 1. The van der Waals surface area contributed by atoms with E-state index in [2.05, 4.69) is 0 Å². The van der Waals surface area contributed by atoms with Crippen molar-refractivity contribution in [2.45, 2.75) is 0 Å². The molecule has 0 aliphatic rings. The standard InChI is InChI=1S/C21H15N3O3/c1-26-21(25)20-19(23)15(11-22)12-24(20)16-7-8-17-14(9-16)10-18(27-17)13-5-3-2-4-6-13/h2-10,12H,23H2,1H3. The van der Waals surface area contributed by atoms with Crippen molar-refractivity contribution < 1.29 is 13.9 Å². The van der Waals surface area contributed by atoms with E-state index in [9.17, 15) is 10.1 Å². The predicted molar refractivity (Wildman–Crippen MR) is 101 cm³/mol. The molecule has 4 aromatic rings. The molecule has 0 amide bonds.